The van der Waals surface area contributed by atoms with Crippen LogP contribution < -0.4 is 15.0 Å². The first-order valence-electron chi connectivity index (χ1n) is 10.9. The van der Waals surface area contributed by atoms with Gasteiger partial charge in [-0.3, -0.25) is 4.57 Å². The lowest BCUT2D eigenvalue weighted by Gasteiger charge is -2.37. The molecule has 15 heteroatoms. The number of benzene rings is 1. The van der Waals surface area contributed by atoms with E-state index in [0.29, 0.717) is 43.5 Å². The molecule has 1 N–H and O–H groups in total. The van der Waals surface area contributed by atoms with Crippen molar-refractivity contribution < 1.29 is 26.7 Å². The van der Waals surface area contributed by atoms with Crippen LogP contribution in [-0.2, 0) is 14.8 Å². The fourth-order valence-corrected chi connectivity index (χ4v) is 4.92. The summed E-state index contributed by atoms with van der Waals surface area (Å²) in [6.07, 6.45) is -1.76. The Bertz CT molecular complexity index is 1340. The van der Waals surface area contributed by atoms with Gasteiger partial charge in [0.1, 0.15) is 11.3 Å². The van der Waals surface area contributed by atoms with Crippen molar-refractivity contribution in [1.29, 1.82) is 0 Å². The Balaban J connectivity index is 1.59. The number of anilines is 2. The van der Waals surface area contributed by atoms with Crippen LogP contribution >= 0.6 is 0 Å². The Hall–Kier alpha value is -3.17. The summed E-state index contributed by atoms with van der Waals surface area (Å²) in [6, 6.07) is 4.72. The van der Waals surface area contributed by atoms with Crippen molar-refractivity contribution >= 4 is 33.0 Å². The average Bonchev–Trinajstić information content (AvgIpc) is 3.21. The van der Waals surface area contributed by atoms with Crippen molar-refractivity contribution in [2.45, 2.75) is 12.5 Å². The number of nitrogens with one attached hydrogen (secondary N) is 1. The number of aromatic nitrogens is 5. The highest BCUT2D eigenvalue weighted by Crippen LogP contribution is 2.32. The van der Waals surface area contributed by atoms with E-state index >= 15 is 0 Å². The molecule has 188 valence electrons. The van der Waals surface area contributed by atoms with Gasteiger partial charge in [0.05, 0.1) is 38.1 Å². The van der Waals surface area contributed by atoms with Crippen LogP contribution in [0.15, 0.2) is 18.2 Å². The third-order valence-electron chi connectivity index (χ3n) is 5.85. The molecule has 0 radical (unpaired) electrons. The first-order chi connectivity index (χ1) is 16.7. The van der Waals surface area contributed by atoms with Gasteiger partial charge in [-0.05, 0) is 12.1 Å². The number of imidazole rings is 1. The van der Waals surface area contributed by atoms with Crippen LogP contribution in [0.2, 0.25) is 0 Å². The van der Waals surface area contributed by atoms with Crippen molar-refractivity contribution in [3.63, 3.8) is 0 Å². The minimum absolute atomic E-state index is 0.0330. The number of nitrogens with zero attached hydrogens (tertiary/aromatic N) is 7. The first-order valence-corrected chi connectivity index (χ1v) is 12.7. The molecule has 0 unspecified atom stereocenters. The molecule has 2 saturated heterocycles. The maximum Gasteiger partial charge on any atom is 0.296 e. The molecule has 2 aliphatic rings. The van der Waals surface area contributed by atoms with E-state index in [1.54, 1.807) is 18.2 Å². The molecular weight excluding hydrogens is 486 g/mol. The zero-order chi connectivity index (χ0) is 24.7. The SMILES string of the molecule is COc1cccc2c1nc(C(F)F)n2-c1nc(NC2CN(S(C)(=O)=O)C2)nc(N2CCOCC2)n1. The largest absolute Gasteiger partial charge is 0.494 e. The minimum atomic E-state index is -3.30. The number of sulfonamides is 1. The van der Waals surface area contributed by atoms with Crippen molar-refractivity contribution in [3.8, 4) is 11.7 Å². The van der Waals surface area contributed by atoms with Gasteiger partial charge in [-0.1, -0.05) is 6.07 Å². The molecule has 12 nitrogen and oxygen atoms in total. The summed E-state index contributed by atoms with van der Waals surface area (Å²) in [5.41, 5.74) is 0.618. The van der Waals surface area contributed by atoms with Crippen LogP contribution in [-0.4, -0.2) is 96.0 Å². The highest BCUT2D eigenvalue weighted by Gasteiger charge is 2.34. The summed E-state index contributed by atoms with van der Waals surface area (Å²) in [5, 5.41) is 3.11. The molecule has 2 aromatic heterocycles. The summed E-state index contributed by atoms with van der Waals surface area (Å²) in [4.78, 5) is 19.4. The average molecular weight is 511 g/mol. The summed E-state index contributed by atoms with van der Waals surface area (Å²) >= 11 is 0. The second kappa shape index (κ2) is 9.13. The van der Waals surface area contributed by atoms with E-state index in [9.17, 15) is 17.2 Å². The minimum Gasteiger partial charge on any atom is -0.494 e. The number of methoxy groups -OCH3 is 1. The van der Waals surface area contributed by atoms with E-state index in [2.05, 4.69) is 25.3 Å². The van der Waals surface area contributed by atoms with E-state index in [1.807, 2.05) is 4.90 Å². The van der Waals surface area contributed by atoms with Gasteiger partial charge < -0.3 is 19.7 Å². The van der Waals surface area contributed by atoms with E-state index in [4.69, 9.17) is 9.47 Å². The Morgan fingerprint density at radius 3 is 2.49 bits per heavy atom. The number of hydrogen-bond donors (Lipinski definition) is 1. The van der Waals surface area contributed by atoms with Gasteiger partial charge in [-0.2, -0.15) is 19.3 Å². The number of alkyl halides is 2. The summed E-state index contributed by atoms with van der Waals surface area (Å²) in [6.45, 7) is 2.50. The van der Waals surface area contributed by atoms with Crippen LogP contribution in [0.5, 0.6) is 5.75 Å². The van der Waals surface area contributed by atoms with Crippen LogP contribution in [0.1, 0.15) is 12.2 Å². The molecule has 2 fully saturated rings. The molecule has 0 bridgehead atoms. The lowest BCUT2D eigenvalue weighted by Crippen LogP contribution is -2.56. The Morgan fingerprint density at radius 1 is 1.11 bits per heavy atom. The second-order valence-electron chi connectivity index (χ2n) is 8.21. The van der Waals surface area contributed by atoms with E-state index in [-0.39, 0.29) is 36.5 Å². The van der Waals surface area contributed by atoms with Crippen molar-refractivity contribution in [1.82, 2.24) is 28.8 Å². The van der Waals surface area contributed by atoms with Gasteiger partial charge in [0.15, 0.2) is 5.82 Å². The lowest BCUT2D eigenvalue weighted by molar-refractivity contribution is 0.122. The highest BCUT2D eigenvalue weighted by molar-refractivity contribution is 7.88. The summed E-state index contributed by atoms with van der Waals surface area (Å²) in [5.74, 6) is 0.236. The van der Waals surface area contributed by atoms with Gasteiger partial charge in [0.25, 0.3) is 6.43 Å². The molecule has 0 saturated carbocycles. The molecule has 0 spiro atoms. The normalized spacial score (nSPS) is 17.7. The molecule has 0 atom stereocenters. The molecule has 4 heterocycles. The fraction of sp³-hybridized carbons (Fsp3) is 0.500. The van der Waals surface area contributed by atoms with E-state index in [1.165, 1.54) is 16.0 Å². The number of hydrogen-bond acceptors (Lipinski definition) is 10. The van der Waals surface area contributed by atoms with Crippen molar-refractivity contribution in [3.05, 3.63) is 24.0 Å². The smallest absolute Gasteiger partial charge is 0.296 e. The number of rotatable bonds is 7. The van der Waals surface area contributed by atoms with Crippen LogP contribution in [0.25, 0.3) is 17.0 Å². The highest BCUT2D eigenvalue weighted by atomic mass is 32.2. The van der Waals surface area contributed by atoms with Gasteiger partial charge in [0, 0.05) is 26.2 Å². The summed E-state index contributed by atoms with van der Waals surface area (Å²) < 4.78 is 64.8. The van der Waals surface area contributed by atoms with Gasteiger partial charge >= 0.3 is 0 Å². The first kappa shape index (κ1) is 23.6. The Morgan fingerprint density at radius 2 is 1.83 bits per heavy atom. The standard InChI is InChI=1S/C20H24F2N8O4S/c1-33-14-5-3-4-13-15(14)24-17(16(21)22)30(13)20-26-18(23-12-10-29(11-12)35(2,31)32)25-19(27-20)28-6-8-34-9-7-28/h3-5,12,16H,6-11H2,1-2H3,(H,23,25,26,27). The second-order valence-corrected chi connectivity index (χ2v) is 10.2. The predicted octanol–water partition coefficient (Wildman–Crippen LogP) is 1.05. The van der Waals surface area contributed by atoms with Crippen molar-refractivity contribution in [2.24, 2.45) is 0 Å². The number of halogens is 2. The van der Waals surface area contributed by atoms with Gasteiger partial charge in [-0.25, -0.2) is 22.2 Å². The number of para-hydroxylation sites is 1. The van der Waals surface area contributed by atoms with Crippen LogP contribution in [0.4, 0.5) is 20.7 Å². The monoisotopic (exact) mass is 510 g/mol. The van der Waals surface area contributed by atoms with E-state index in [0.717, 1.165) is 6.26 Å². The lowest BCUT2D eigenvalue weighted by atomic mass is 10.2. The quantitative estimate of drug-likeness (QED) is 0.493. The van der Waals surface area contributed by atoms with E-state index < -0.39 is 22.3 Å². The third-order valence-corrected chi connectivity index (χ3v) is 7.08. The topological polar surface area (TPSA) is 128 Å². The maximum atomic E-state index is 14.1. The molecule has 3 aromatic rings. The fourth-order valence-electron chi connectivity index (χ4n) is 4.02. The molecule has 0 amide bonds. The van der Waals surface area contributed by atoms with Crippen LogP contribution in [0, 0.1) is 0 Å². The third kappa shape index (κ3) is 4.58. The molecular formula is C20H24F2N8O4S. The molecule has 1 aromatic carbocycles. The zero-order valence-electron chi connectivity index (χ0n) is 19.1. The molecule has 35 heavy (non-hydrogen) atoms. The Kier molecular flexibility index (Phi) is 6.14. The molecule has 0 aliphatic carbocycles. The van der Waals surface area contributed by atoms with Crippen molar-refractivity contribution in [2.75, 3.05) is 63.0 Å². The molecule has 5 rings (SSSR count). The van der Waals surface area contributed by atoms with Gasteiger partial charge in [0.2, 0.25) is 27.9 Å². The number of morpholine rings is 1. The maximum absolute atomic E-state index is 14.1. The van der Waals surface area contributed by atoms with Gasteiger partial charge in [-0.15, -0.1) is 0 Å². The van der Waals surface area contributed by atoms with Crippen LogP contribution in [0.3, 0.4) is 0 Å². The number of fused-ring (bicyclic) bond motifs is 1. The summed E-state index contributed by atoms with van der Waals surface area (Å²) in [7, 11) is -1.86. The Labute approximate surface area is 199 Å². The number of ether oxygens (including phenoxy) is 2. The zero-order valence-corrected chi connectivity index (χ0v) is 19.9. The predicted molar refractivity (Wildman–Crippen MR) is 123 cm³/mol. The molecule has 2 aliphatic heterocycles.